The summed E-state index contributed by atoms with van der Waals surface area (Å²) in [5, 5.41) is 6.39. The molecule has 5 rings (SSSR count). The molecule has 6 nitrogen and oxygen atoms in total. The van der Waals surface area contributed by atoms with Gasteiger partial charge in [0.15, 0.2) is 0 Å². The Kier molecular flexibility index (Phi) is 4.79. The summed E-state index contributed by atoms with van der Waals surface area (Å²) in [4.78, 5) is 41.9. The number of carbonyl (C=O) groups is 3. The SMILES string of the molecule is CC(C)C1NC2(C(=O)Nc3ccc(Br)cc32)[C@H]2C(=O)N(CCc3ccccc3)C(=O)[C@@H]12. The average Bonchev–Trinajstić information content (AvgIpc) is 3.33. The third-order valence-electron chi connectivity index (χ3n) is 6.89. The van der Waals surface area contributed by atoms with Crippen molar-refractivity contribution in [2.24, 2.45) is 17.8 Å². The predicted octanol–water partition coefficient (Wildman–Crippen LogP) is 3.07. The van der Waals surface area contributed by atoms with Crippen LogP contribution in [0.3, 0.4) is 0 Å². The number of rotatable bonds is 4. The topological polar surface area (TPSA) is 78.5 Å². The molecule has 4 atom stereocenters. The number of nitrogens with one attached hydrogen (secondary N) is 2. The summed E-state index contributed by atoms with van der Waals surface area (Å²) in [6.45, 7) is 4.36. The number of nitrogens with zero attached hydrogens (tertiary/aromatic N) is 1. The largest absolute Gasteiger partial charge is 0.324 e. The zero-order valence-corrected chi connectivity index (χ0v) is 19.0. The zero-order valence-electron chi connectivity index (χ0n) is 17.4. The van der Waals surface area contributed by atoms with Gasteiger partial charge in [-0.1, -0.05) is 60.1 Å². The fraction of sp³-hybridized carbons (Fsp3) is 0.375. The molecule has 0 aliphatic carbocycles. The highest BCUT2D eigenvalue weighted by atomic mass is 79.9. The van der Waals surface area contributed by atoms with E-state index in [0.29, 0.717) is 18.7 Å². The molecule has 2 fully saturated rings. The lowest BCUT2D eigenvalue weighted by Gasteiger charge is -2.30. The number of fused-ring (bicyclic) bond motifs is 4. The Morgan fingerprint density at radius 3 is 2.52 bits per heavy atom. The highest BCUT2D eigenvalue weighted by Gasteiger charge is 2.70. The van der Waals surface area contributed by atoms with Crippen LogP contribution in [0.25, 0.3) is 0 Å². The Morgan fingerprint density at radius 2 is 1.81 bits per heavy atom. The molecule has 2 saturated heterocycles. The molecule has 3 heterocycles. The summed E-state index contributed by atoms with van der Waals surface area (Å²) in [5.74, 6) is -1.92. The molecule has 3 aliphatic heterocycles. The van der Waals surface area contributed by atoms with Crippen molar-refractivity contribution in [3.8, 4) is 0 Å². The second-order valence-electron chi connectivity index (χ2n) is 8.93. The maximum absolute atomic E-state index is 13.7. The standard InChI is InChI=1S/C24H24BrN3O3/c1-13(2)20-18-19(22(30)28(21(18)29)11-10-14-6-4-3-5-7-14)24(27-20)16-12-15(25)8-9-17(16)26-23(24)31/h3-9,12-13,18-20,27H,10-11H2,1-2H3,(H,26,31)/t18-,19-,20?,24?/m1/s1. The molecule has 160 valence electrons. The van der Waals surface area contributed by atoms with Crippen LogP contribution in [0, 0.1) is 17.8 Å². The molecule has 0 aromatic heterocycles. The monoisotopic (exact) mass is 481 g/mol. The third-order valence-corrected chi connectivity index (χ3v) is 7.38. The van der Waals surface area contributed by atoms with Gasteiger partial charge in [0.1, 0.15) is 5.54 Å². The van der Waals surface area contributed by atoms with Crippen molar-refractivity contribution in [3.63, 3.8) is 0 Å². The van der Waals surface area contributed by atoms with Gasteiger partial charge in [-0.2, -0.15) is 0 Å². The third kappa shape index (κ3) is 2.90. The molecule has 1 spiro atoms. The first-order chi connectivity index (χ1) is 14.8. The molecule has 0 radical (unpaired) electrons. The number of halogens is 1. The van der Waals surface area contributed by atoms with E-state index in [9.17, 15) is 14.4 Å². The van der Waals surface area contributed by atoms with Crippen LogP contribution in [0.1, 0.15) is 25.0 Å². The van der Waals surface area contributed by atoms with E-state index in [-0.39, 0.29) is 29.7 Å². The number of anilines is 1. The summed E-state index contributed by atoms with van der Waals surface area (Å²) < 4.78 is 0.825. The molecule has 3 aliphatic rings. The molecular formula is C24H24BrN3O3. The van der Waals surface area contributed by atoms with Crippen LogP contribution in [0.4, 0.5) is 5.69 Å². The Hall–Kier alpha value is -2.51. The van der Waals surface area contributed by atoms with Gasteiger partial charge in [0.05, 0.1) is 11.8 Å². The fourth-order valence-electron chi connectivity index (χ4n) is 5.44. The van der Waals surface area contributed by atoms with Crippen LogP contribution >= 0.6 is 15.9 Å². The number of hydrogen-bond donors (Lipinski definition) is 2. The molecule has 2 aromatic rings. The van der Waals surface area contributed by atoms with E-state index in [1.165, 1.54) is 4.90 Å². The first-order valence-corrected chi connectivity index (χ1v) is 11.4. The maximum atomic E-state index is 13.7. The van der Waals surface area contributed by atoms with Crippen LogP contribution in [0.15, 0.2) is 53.0 Å². The van der Waals surface area contributed by atoms with Crippen molar-refractivity contribution >= 4 is 39.3 Å². The van der Waals surface area contributed by atoms with E-state index in [4.69, 9.17) is 0 Å². The number of carbonyl (C=O) groups excluding carboxylic acids is 3. The van der Waals surface area contributed by atoms with E-state index in [1.807, 2.05) is 62.4 Å². The van der Waals surface area contributed by atoms with Crippen molar-refractivity contribution in [2.45, 2.75) is 31.8 Å². The lowest BCUT2D eigenvalue weighted by molar-refractivity contribution is -0.142. The maximum Gasteiger partial charge on any atom is 0.250 e. The van der Waals surface area contributed by atoms with Crippen LogP contribution < -0.4 is 10.6 Å². The Balaban J connectivity index is 1.55. The van der Waals surface area contributed by atoms with E-state index in [2.05, 4.69) is 26.6 Å². The molecule has 2 unspecified atom stereocenters. The van der Waals surface area contributed by atoms with Crippen LogP contribution in [-0.4, -0.2) is 35.2 Å². The smallest absolute Gasteiger partial charge is 0.250 e. The van der Waals surface area contributed by atoms with Gasteiger partial charge in [-0.3, -0.25) is 24.6 Å². The zero-order chi connectivity index (χ0) is 21.9. The quantitative estimate of drug-likeness (QED) is 0.657. The van der Waals surface area contributed by atoms with Crippen LogP contribution in [0.5, 0.6) is 0 Å². The van der Waals surface area contributed by atoms with Crippen molar-refractivity contribution in [2.75, 3.05) is 11.9 Å². The fourth-order valence-corrected chi connectivity index (χ4v) is 5.81. The predicted molar refractivity (Wildman–Crippen MR) is 120 cm³/mol. The molecule has 3 amide bonds. The second-order valence-corrected chi connectivity index (χ2v) is 9.85. The first kappa shape index (κ1) is 20.4. The first-order valence-electron chi connectivity index (χ1n) is 10.6. The Morgan fingerprint density at radius 1 is 1.06 bits per heavy atom. The molecule has 7 heteroatoms. The van der Waals surface area contributed by atoms with Crippen LogP contribution in [0.2, 0.25) is 0 Å². The van der Waals surface area contributed by atoms with Gasteiger partial charge in [0.25, 0.3) is 0 Å². The van der Waals surface area contributed by atoms with Crippen molar-refractivity contribution < 1.29 is 14.4 Å². The minimum atomic E-state index is -1.23. The van der Waals surface area contributed by atoms with Crippen LogP contribution in [-0.2, 0) is 26.3 Å². The second kappa shape index (κ2) is 7.28. The summed E-state index contributed by atoms with van der Waals surface area (Å²) >= 11 is 3.49. The molecular weight excluding hydrogens is 458 g/mol. The summed E-state index contributed by atoms with van der Waals surface area (Å²) in [7, 11) is 0. The highest BCUT2D eigenvalue weighted by molar-refractivity contribution is 9.10. The van der Waals surface area contributed by atoms with E-state index < -0.39 is 17.4 Å². The summed E-state index contributed by atoms with van der Waals surface area (Å²) in [6, 6.07) is 15.1. The van der Waals surface area contributed by atoms with Crippen molar-refractivity contribution in [1.29, 1.82) is 0 Å². The minimum Gasteiger partial charge on any atom is -0.324 e. The van der Waals surface area contributed by atoms with Gasteiger partial charge >= 0.3 is 0 Å². The van der Waals surface area contributed by atoms with E-state index in [0.717, 1.165) is 15.6 Å². The Labute approximate surface area is 189 Å². The molecule has 0 bridgehead atoms. The van der Waals surface area contributed by atoms with Crippen molar-refractivity contribution in [1.82, 2.24) is 10.2 Å². The lowest BCUT2D eigenvalue weighted by Crippen LogP contribution is -2.54. The minimum absolute atomic E-state index is 0.0849. The van der Waals surface area contributed by atoms with Gasteiger partial charge < -0.3 is 5.32 Å². The normalized spacial score (nSPS) is 29.1. The summed E-state index contributed by atoms with van der Waals surface area (Å²) in [6.07, 6.45) is 0.596. The molecule has 0 saturated carbocycles. The highest BCUT2D eigenvalue weighted by Crippen LogP contribution is 2.54. The number of benzene rings is 2. The van der Waals surface area contributed by atoms with Gasteiger partial charge in [-0.05, 0) is 36.1 Å². The average molecular weight is 482 g/mol. The van der Waals surface area contributed by atoms with Crippen molar-refractivity contribution in [3.05, 3.63) is 64.1 Å². The number of hydrogen-bond acceptors (Lipinski definition) is 4. The van der Waals surface area contributed by atoms with Gasteiger partial charge in [-0.15, -0.1) is 0 Å². The molecule has 31 heavy (non-hydrogen) atoms. The lowest BCUT2D eigenvalue weighted by atomic mass is 9.76. The molecule has 2 N–H and O–H groups in total. The van der Waals surface area contributed by atoms with Gasteiger partial charge in [0.2, 0.25) is 17.7 Å². The number of likely N-dealkylation sites (tertiary alicyclic amines) is 1. The number of imide groups is 1. The number of amides is 3. The Bertz CT molecular complexity index is 1090. The van der Waals surface area contributed by atoms with Gasteiger partial charge in [-0.25, -0.2) is 0 Å². The summed E-state index contributed by atoms with van der Waals surface area (Å²) in [5.41, 5.74) is 1.26. The van der Waals surface area contributed by atoms with E-state index in [1.54, 1.807) is 0 Å². The molecule has 2 aromatic carbocycles. The van der Waals surface area contributed by atoms with E-state index >= 15 is 0 Å². The van der Waals surface area contributed by atoms with Gasteiger partial charge in [0, 0.05) is 28.3 Å².